The van der Waals surface area contributed by atoms with Gasteiger partial charge in [0, 0.05) is 0 Å². The Hall–Kier alpha value is -1.88. The number of benzene rings is 1. The monoisotopic (exact) mass is 275 g/mol. The SMILES string of the molecule is NC(=O)C1(Cc2ccccc2)CC2OC2CC1C(=O)O. The van der Waals surface area contributed by atoms with Crippen molar-refractivity contribution in [1.29, 1.82) is 0 Å². The fraction of sp³-hybridized carbons (Fsp3) is 0.467. The van der Waals surface area contributed by atoms with E-state index in [-0.39, 0.29) is 12.2 Å². The average Bonchev–Trinajstić information content (AvgIpc) is 3.16. The van der Waals surface area contributed by atoms with E-state index in [1.165, 1.54) is 0 Å². The maximum atomic E-state index is 12.1. The van der Waals surface area contributed by atoms with Crippen LogP contribution in [0, 0.1) is 11.3 Å². The van der Waals surface area contributed by atoms with Crippen LogP contribution < -0.4 is 5.73 Å². The van der Waals surface area contributed by atoms with Gasteiger partial charge >= 0.3 is 5.97 Å². The third-order valence-electron chi connectivity index (χ3n) is 4.54. The summed E-state index contributed by atoms with van der Waals surface area (Å²) in [6.45, 7) is 0. The Morgan fingerprint density at radius 3 is 2.60 bits per heavy atom. The number of epoxide rings is 1. The maximum Gasteiger partial charge on any atom is 0.307 e. The molecule has 1 aliphatic heterocycles. The zero-order valence-electron chi connectivity index (χ0n) is 11.0. The summed E-state index contributed by atoms with van der Waals surface area (Å²) in [5.41, 5.74) is 5.48. The van der Waals surface area contributed by atoms with Crippen LogP contribution in [0.1, 0.15) is 18.4 Å². The van der Waals surface area contributed by atoms with E-state index in [1.807, 2.05) is 30.3 Å². The van der Waals surface area contributed by atoms with E-state index in [0.29, 0.717) is 19.3 Å². The number of primary amides is 1. The van der Waals surface area contributed by atoms with Crippen LogP contribution in [0.15, 0.2) is 30.3 Å². The minimum absolute atomic E-state index is 0.0122. The van der Waals surface area contributed by atoms with Gasteiger partial charge < -0.3 is 15.6 Å². The standard InChI is InChI=1S/C15H17NO4/c16-14(19)15(7-9-4-2-1-3-5-9)8-12-11(20-12)6-10(15)13(17)18/h1-5,10-12H,6-8H2,(H2,16,19)(H,17,18). The van der Waals surface area contributed by atoms with Crippen LogP contribution in [0.5, 0.6) is 0 Å². The lowest BCUT2D eigenvalue weighted by Gasteiger charge is -2.38. The van der Waals surface area contributed by atoms with Crippen LogP contribution >= 0.6 is 0 Å². The van der Waals surface area contributed by atoms with Gasteiger partial charge in [-0.25, -0.2) is 0 Å². The molecule has 1 aromatic rings. The number of hydrogen-bond donors (Lipinski definition) is 2. The summed E-state index contributed by atoms with van der Waals surface area (Å²) >= 11 is 0. The van der Waals surface area contributed by atoms with Gasteiger partial charge in [0.2, 0.25) is 5.91 Å². The summed E-state index contributed by atoms with van der Waals surface area (Å²) in [6, 6.07) is 9.42. The fourth-order valence-electron chi connectivity index (χ4n) is 3.38. The molecule has 2 aliphatic rings. The second-order valence-corrected chi connectivity index (χ2v) is 5.73. The van der Waals surface area contributed by atoms with Gasteiger partial charge in [0.05, 0.1) is 23.5 Å². The number of nitrogens with two attached hydrogens (primary N) is 1. The first kappa shape index (κ1) is 13.1. The zero-order valence-corrected chi connectivity index (χ0v) is 11.0. The van der Waals surface area contributed by atoms with E-state index in [9.17, 15) is 14.7 Å². The normalized spacial score (nSPS) is 35.1. The summed E-state index contributed by atoms with van der Waals surface area (Å²) < 4.78 is 5.43. The molecular formula is C15H17NO4. The summed E-state index contributed by atoms with van der Waals surface area (Å²) in [5.74, 6) is -2.28. The van der Waals surface area contributed by atoms with Crippen LogP contribution in [0.2, 0.25) is 0 Å². The fourth-order valence-corrected chi connectivity index (χ4v) is 3.38. The highest BCUT2D eigenvalue weighted by Crippen LogP contribution is 2.51. The summed E-state index contributed by atoms with van der Waals surface area (Å²) in [6.07, 6.45) is 1.10. The second-order valence-electron chi connectivity index (χ2n) is 5.73. The molecule has 5 nitrogen and oxygen atoms in total. The van der Waals surface area contributed by atoms with Crippen molar-refractivity contribution in [2.75, 3.05) is 0 Å². The molecule has 3 rings (SSSR count). The molecule has 106 valence electrons. The van der Waals surface area contributed by atoms with Crippen molar-refractivity contribution in [3.8, 4) is 0 Å². The number of carboxylic acids is 1. The Balaban J connectivity index is 1.96. The van der Waals surface area contributed by atoms with Gasteiger partial charge in [0.25, 0.3) is 0 Å². The molecule has 3 N–H and O–H groups in total. The molecule has 20 heavy (non-hydrogen) atoms. The summed E-state index contributed by atoms with van der Waals surface area (Å²) in [7, 11) is 0. The topological polar surface area (TPSA) is 92.9 Å². The van der Waals surface area contributed by atoms with E-state index in [1.54, 1.807) is 0 Å². The van der Waals surface area contributed by atoms with Gasteiger partial charge in [0.1, 0.15) is 0 Å². The molecule has 5 heteroatoms. The quantitative estimate of drug-likeness (QED) is 0.800. The molecule has 1 saturated heterocycles. The number of carboxylic acid groups (broad SMARTS) is 1. The summed E-state index contributed by atoms with van der Waals surface area (Å²) in [5, 5.41) is 9.47. The first-order chi connectivity index (χ1) is 9.53. The van der Waals surface area contributed by atoms with E-state index in [2.05, 4.69) is 0 Å². The predicted octanol–water partition coefficient (Wildman–Crippen LogP) is 0.963. The molecule has 0 radical (unpaired) electrons. The van der Waals surface area contributed by atoms with Crippen LogP contribution in [0.25, 0.3) is 0 Å². The maximum absolute atomic E-state index is 12.1. The molecule has 0 aromatic heterocycles. The number of fused-ring (bicyclic) bond motifs is 1. The lowest BCUT2D eigenvalue weighted by molar-refractivity contribution is -0.154. The molecule has 1 heterocycles. The van der Waals surface area contributed by atoms with Gasteiger partial charge in [-0.05, 0) is 24.8 Å². The molecule has 1 saturated carbocycles. The number of amides is 1. The number of ether oxygens (including phenoxy) is 1. The Labute approximate surface area is 116 Å². The molecule has 1 aromatic carbocycles. The van der Waals surface area contributed by atoms with Crippen LogP contribution in [-0.2, 0) is 20.7 Å². The smallest absolute Gasteiger partial charge is 0.307 e. The van der Waals surface area contributed by atoms with Gasteiger partial charge in [-0.2, -0.15) is 0 Å². The van der Waals surface area contributed by atoms with Gasteiger partial charge in [-0.3, -0.25) is 9.59 Å². The van der Waals surface area contributed by atoms with Crippen molar-refractivity contribution >= 4 is 11.9 Å². The zero-order chi connectivity index (χ0) is 14.3. The van der Waals surface area contributed by atoms with E-state index >= 15 is 0 Å². The molecule has 2 fully saturated rings. The molecular weight excluding hydrogens is 258 g/mol. The molecule has 4 atom stereocenters. The average molecular weight is 275 g/mol. The van der Waals surface area contributed by atoms with E-state index < -0.39 is 23.2 Å². The molecule has 1 aliphatic carbocycles. The Bertz CT molecular complexity index is 544. The largest absolute Gasteiger partial charge is 0.481 e. The first-order valence-corrected chi connectivity index (χ1v) is 6.75. The van der Waals surface area contributed by atoms with E-state index in [4.69, 9.17) is 10.5 Å². The second kappa shape index (κ2) is 4.59. The van der Waals surface area contributed by atoms with Gasteiger partial charge in [0.15, 0.2) is 0 Å². The number of carbonyl (C=O) groups excluding carboxylic acids is 1. The predicted molar refractivity (Wildman–Crippen MR) is 70.8 cm³/mol. The van der Waals surface area contributed by atoms with Crippen molar-refractivity contribution in [3.05, 3.63) is 35.9 Å². The minimum Gasteiger partial charge on any atom is -0.481 e. The van der Waals surface area contributed by atoms with Crippen molar-refractivity contribution in [2.45, 2.75) is 31.5 Å². The molecule has 0 bridgehead atoms. The van der Waals surface area contributed by atoms with Gasteiger partial charge in [-0.15, -0.1) is 0 Å². The first-order valence-electron chi connectivity index (χ1n) is 6.75. The van der Waals surface area contributed by atoms with E-state index in [0.717, 1.165) is 5.56 Å². The third kappa shape index (κ3) is 2.08. The lowest BCUT2D eigenvalue weighted by Crippen LogP contribution is -2.51. The number of rotatable bonds is 4. The number of aliphatic carboxylic acids is 1. The molecule has 0 spiro atoms. The Kier molecular flexibility index (Phi) is 3.01. The van der Waals surface area contributed by atoms with Crippen LogP contribution in [0.3, 0.4) is 0 Å². The minimum atomic E-state index is -1.05. The van der Waals surface area contributed by atoms with Crippen LogP contribution in [-0.4, -0.2) is 29.2 Å². The van der Waals surface area contributed by atoms with Gasteiger partial charge in [-0.1, -0.05) is 30.3 Å². The Morgan fingerprint density at radius 2 is 2.00 bits per heavy atom. The van der Waals surface area contributed by atoms with Crippen molar-refractivity contribution < 1.29 is 19.4 Å². The van der Waals surface area contributed by atoms with Crippen molar-refractivity contribution in [1.82, 2.24) is 0 Å². The third-order valence-corrected chi connectivity index (χ3v) is 4.54. The highest BCUT2D eigenvalue weighted by molar-refractivity contribution is 5.88. The lowest BCUT2D eigenvalue weighted by atomic mass is 9.63. The van der Waals surface area contributed by atoms with Crippen molar-refractivity contribution in [2.24, 2.45) is 17.1 Å². The van der Waals surface area contributed by atoms with Crippen LogP contribution in [0.4, 0.5) is 0 Å². The Morgan fingerprint density at radius 1 is 1.30 bits per heavy atom. The molecule has 1 amide bonds. The highest BCUT2D eigenvalue weighted by Gasteiger charge is 2.60. The highest BCUT2D eigenvalue weighted by atomic mass is 16.6. The number of hydrogen-bond acceptors (Lipinski definition) is 3. The number of carbonyl (C=O) groups is 2. The summed E-state index contributed by atoms with van der Waals surface area (Å²) in [4.78, 5) is 23.6. The van der Waals surface area contributed by atoms with Crippen molar-refractivity contribution in [3.63, 3.8) is 0 Å². The molecule has 4 unspecified atom stereocenters.